The first-order chi connectivity index (χ1) is 8.15. The van der Waals surface area contributed by atoms with E-state index in [0.717, 1.165) is 16.4 Å². The van der Waals surface area contributed by atoms with Crippen LogP contribution in [0.5, 0.6) is 0 Å². The molecule has 1 aromatic rings. The maximum absolute atomic E-state index is 13.6. The standard InChI is InChI=1S/C10H12F2N2O3S/c1-10(15)4-14(5-10)18(16,17)7-3-2-6(11)9(13)8(7)12/h2-3,15H,4-5,13H2,1H3. The molecule has 0 spiro atoms. The molecule has 5 nitrogen and oxygen atoms in total. The van der Waals surface area contributed by atoms with Crippen LogP contribution in [0.2, 0.25) is 0 Å². The molecular formula is C10H12F2N2O3S. The van der Waals surface area contributed by atoms with E-state index in [2.05, 4.69) is 0 Å². The van der Waals surface area contributed by atoms with Crippen LogP contribution in [0, 0.1) is 11.6 Å². The average molecular weight is 278 g/mol. The van der Waals surface area contributed by atoms with E-state index in [1.807, 2.05) is 0 Å². The molecule has 0 unspecified atom stereocenters. The number of hydrogen-bond donors (Lipinski definition) is 2. The van der Waals surface area contributed by atoms with Crippen molar-refractivity contribution in [2.24, 2.45) is 0 Å². The first-order valence-electron chi connectivity index (χ1n) is 5.11. The predicted octanol–water partition coefficient (Wildman–Crippen LogP) is 0.302. The molecule has 3 N–H and O–H groups in total. The van der Waals surface area contributed by atoms with E-state index in [4.69, 9.17) is 5.73 Å². The van der Waals surface area contributed by atoms with Gasteiger partial charge in [0.2, 0.25) is 10.0 Å². The highest BCUT2D eigenvalue weighted by Gasteiger charge is 2.44. The zero-order valence-electron chi connectivity index (χ0n) is 9.52. The fourth-order valence-corrected chi connectivity index (χ4v) is 3.52. The molecule has 0 amide bonds. The molecule has 0 aliphatic carbocycles. The van der Waals surface area contributed by atoms with Crippen LogP contribution in [0.1, 0.15) is 6.92 Å². The fraction of sp³-hybridized carbons (Fsp3) is 0.400. The molecule has 1 aliphatic heterocycles. The number of anilines is 1. The van der Waals surface area contributed by atoms with Gasteiger partial charge in [0.15, 0.2) is 5.82 Å². The summed E-state index contributed by atoms with van der Waals surface area (Å²) < 4.78 is 51.5. The highest BCUT2D eigenvalue weighted by Crippen LogP contribution is 2.31. The van der Waals surface area contributed by atoms with Crippen molar-refractivity contribution in [3.05, 3.63) is 23.8 Å². The Bertz CT molecular complexity index is 593. The third kappa shape index (κ3) is 1.96. The smallest absolute Gasteiger partial charge is 0.246 e. The number of nitrogens with zero attached hydrogens (tertiary/aromatic N) is 1. The number of nitrogens with two attached hydrogens (primary N) is 1. The van der Waals surface area contributed by atoms with Gasteiger partial charge in [-0.2, -0.15) is 4.31 Å². The number of aliphatic hydroxyl groups is 1. The number of benzene rings is 1. The summed E-state index contributed by atoms with van der Waals surface area (Å²) in [5.41, 5.74) is 3.16. The number of halogens is 2. The van der Waals surface area contributed by atoms with Crippen LogP contribution in [-0.2, 0) is 10.0 Å². The summed E-state index contributed by atoms with van der Waals surface area (Å²) in [5, 5.41) is 9.48. The number of nitrogen functional groups attached to an aromatic ring is 1. The lowest BCUT2D eigenvalue weighted by Gasteiger charge is -2.42. The number of rotatable bonds is 2. The van der Waals surface area contributed by atoms with Gasteiger partial charge in [-0.3, -0.25) is 0 Å². The van der Waals surface area contributed by atoms with Gasteiger partial charge in [0.05, 0.1) is 5.60 Å². The third-order valence-electron chi connectivity index (χ3n) is 2.74. The van der Waals surface area contributed by atoms with Crippen molar-refractivity contribution < 1.29 is 22.3 Å². The Morgan fingerprint density at radius 3 is 2.44 bits per heavy atom. The van der Waals surface area contributed by atoms with Gasteiger partial charge < -0.3 is 10.8 Å². The van der Waals surface area contributed by atoms with Gasteiger partial charge in [-0.15, -0.1) is 0 Å². The molecule has 1 fully saturated rings. The van der Waals surface area contributed by atoms with Crippen molar-refractivity contribution in [1.29, 1.82) is 0 Å². The van der Waals surface area contributed by atoms with Crippen molar-refractivity contribution in [2.75, 3.05) is 18.8 Å². The summed E-state index contributed by atoms with van der Waals surface area (Å²) >= 11 is 0. The summed E-state index contributed by atoms with van der Waals surface area (Å²) in [6, 6.07) is 1.62. The second kappa shape index (κ2) is 3.87. The Hall–Kier alpha value is -1.25. The molecule has 1 saturated heterocycles. The summed E-state index contributed by atoms with van der Waals surface area (Å²) in [6.07, 6.45) is 0. The Labute approximate surface area is 103 Å². The van der Waals surface area contributed by atoms with E-state index in [1.165, 1.54) is 6.92 Å². The summed E-state index contributed by atoms with van der Waals surface area (Å²) in [5.74, 6) is -2.32. The van der Waals surface area contributed by atoms with Crippen molar-refractivity contribution in [2.45, 2.75) is 17.4 Å². The van der Waals surface area contributed by atoms with Gasteiger partial charge >= 0.3 is 0 Å². The lowest BCUT2D eigenvalue weighted by atomic mass is 10.0. The average Bonchev–Trinajstić information content (AvgIpc) is 2.22. The van der Waals surface area contributed by atoms with Crippen molar-refractivity contribution >= 4 is 15.7 Å². The largest absolute Gasteiger partial charge is 0.394 e. The summed E-state index contributed by atoms with van der Waals surface area (Å²) in [4.78, 5) is -0.683. The molecule has 0 radical (unpaired) electrons. The zero-order chi connectivity index (χ0) is 13.7. The molecule has 1 aromatic carbocycles. The Morgan fingerprint density at radius 1 is 1.39 bits per heavy atom. The SMILES string of the molecule is CC1(O)CN(S(=O)(=O)c2ccc(F)c(N)c2F)C1. The van der Waals surface area contributed by atoms with Gasteiger partial charge in [-0.25, -0.2) is 17.2 Å². The maximum atomic E-state index is 13.6. The van der Waals surface area contributed by atoms with Crippen LogP contribution < -0.4 is 5.73 Å². The van der Waals surface area contributed by atoms with E-state index in [-0.39, 0.29) is 13.1 Å². The van der Waals surface area contributed by atoms with Crippen LogP contribution in [0.15, 0.2) is 17.0 Å². The van der Waals surface area contributed by atoms with Gasteiger partial charge in [-0.1, -0.05) is 0 Å². The van der Waals surface area contributed by atoms with E-state index < -0.39 is 37.8 Å². The van der Waals surface area contributed by atoms with Gasteiger partial charge in [-0.05, 0) is 19.1 Å². The Morgan fingerprint density at radius 2 is 1.94 bits per heavy atom. The van der Waals surface area contributed by atoms with Crippen LogP contribution in [0.3, 0.4) is 0 Å². The summed E-state index contributed by atoms with van der Waals surface area (Å²) in [7, 11) is -4.09. The molecule has 1 aliphatic rings. The van der Waals surface area contributed by atoms with E-state index >= 15 is 0 Å². The number of β-amino-alcohol motifs (C(OH)–C–C–N with tert-alkyl or cyclic N) is 1. The minimum Gasteiger partial charge on any atom is -0.394 e. The zero-order valence-corrected chi connectivity index (χ0v) is 10.3. The molecule has 0 atom stereocenters. The molecule has 1 heterocycles. The molecule has 8 heteroatoms. The van der Waals surface area contributed by atoms with Gasteiger partial charge in [0.1, 0.15) is 16.4 Å². The first kappa shape index (κ1) is 13.2. The van der Waals surface area contributed by atoms with E-state index in [0.29, 0.717) is 0 Å². The Kier molecular flexibility index (Phi) is 2.84. The van der Waals surface area contributed by atoms with Crippen LogP contribution in [-0.4, -0.2) is 36.5 Å². The normalized spacial score (nSPS) is 19.6. The first-order valence-corrected chi connectivity index (χ1v) is 6.55. The van der Waals surface area contributed by atoms with Crippen LogP contribution >= 0.6 is 0 Å². The number of sulfonamides is 1. The second-order valence-corrected chi connectivity index (χ2v) is 6.45. The molecule has 18 heavy (non-hydrogen) atoms. The second-order valence-electron chi connectivity index (χ2n) is 4.54. The molecule has 100 valence electrons. The number of hydrogen-bond acceptors (Lipinski definition) is 4. The highest BCUT2D eigenvalue weighted by molar-refractivity contribution is 7.89. The van der Waals surface area contributed by atoms with E-state index in [9.17, 15) is 22.3 Å². The van der Waals surface area contributed by atoms with Gasteiger partial charge in [0, 0.05) is 13.1 Å². The molecule has 0 bridgehead atoms. The van der Waals surface area contributed by atoms with Crippen LogP contribution in [0.4, 0.5) is 14.5 Å². The lowest BCUT2D eigenvalue weighted by Crippen LogP contribution is -2.61. The Balaban J connectivity index is 2.41. The molecule has 2 rings (SSSR count). The topological polar surface area (TPSA) is 83.6 Å². The molecule has 0 saturated carbocycles. The van der Waals surface area contributed by atoms with Crippen molar-refractivity contribution in [3.63, 3.8) is 0 Å². The fourth-order valence-electron chi connectivity index (χ4n) is 1.77. The monoisotopic (exact) mass is 278 g/mol. The quantitative estimate of drug-likeness (QED) is 0.762. The third-order valence-corrected chi connectivity index (χ3v) is 4.55. The minimum atomic E-state index is -4.09. The van der Waals surface area contributed by atoms with E-state index in [1.54, 1.807) is 0 Å². The van der Waals surface area contributed by atoms with Crippen molar-refractivity contribution in [1.82, 2.24) is 4.31 Å². The minimum absolute atomic E-state index is 0.133. The maximum Gasteiger partial charge on any atom is 0.246 e. The van der Waals surface area contributed by atoms with Crippen molar-refractivity contribution in [3.8, 4) is 0 Å². The van der Waals surface area contributed by atoms with Crippen LogP contribution in [0.25, 0.3) is 0 Å². The molecule has 0 aromatic heterocycles. The predicted molar refractivity (Wildman–Crippen MR) is 60.2 cm³/mol. The highest BCUT2D eigenvalue weighted by atomic mass is 32.2. The molecular weight excluding hydrogens is 266 g/mol. The summed E-state index contributed by atoms with van der Waals surface area (Å²) in [6.45, 7) is 1.20. The lowest BCUT2D eigenvalue weighted by molar-refractivity contribution is -0.0427. The van der Waals surface area contributed by atoms with Gasteiger partial charge in [0.25, 0.3) is 0 Å².